The molecule has 28 heavy (non-hydrogen) atoms. The summed E-state index contributed by atoms with van der Waals surface area (Å²) in [5, 5.41) is 3.48. The van der Waals surface area contributed by atoms with E-state index in [9.17, 15) is 13.2 Å². The van der Waals surface area contributed by atoms with Crippen molar-refractivity contribution in [2.75, 3.05) is 29.1 Å². The van der Waals surface area contributed by atoms with Crippen molar-refractivity contribution in [2.24, 2.45) is 5.92 Å². The smallest absolute Gasteiger partial charge is 0.267 e. The number of carbonyl (C=O) groups is 1. The summed E-state index contributed by atoms with van der Waals surface area (Å²) in [4.78, 5) is 14.0. The Bertz CT molecular complexity index is 804. The number of rotatable bonds is 7. The molecule has 1 atom stereocenters. The molecule has 156 valence electrons. The van der Waals surface area contributed by atoms with Crippen molar-refractivity contribution in [2.45, 2.75) is 58.6 Å². The van der Waals surface area contributed by atoms with Crippen molar-refractivity contribution >= 4 is 27.3 Å². The first-order chi connectivity index (χ1) is 13.3. The van der Waals surface area contributed by atoms with E-state index in [-0.39, 0.29) is 17.7 Å². The van der Waals surface area contributed by atoms with E-state index in [0.717, 1.165) is 49.4 Å². The molecule has 1 aromatic carbocycles. The summed E-state index contributed by atoms with van der Waals surface area (Å²) >= 11 is 0. The summed E-state index contributed by atoms with van der Waals surface area (Å²) in [6, 6.07) is 5.94. The number of likely N-dealkylation sites (N-methyl/N-ethyl adjacent to an activating group) is 1. The summed E-state index contributed by atoms with van der Waals surface area (Å²) in [6.07, 6.45) is 3.29. The van der Waals surface area contributed by atoms with Gasteiger partial charge in [0.25, 0.3) is 5.91 Å². The summed E-state index contributed by atoms with van der Waals surface area (Å²) in [6.45, 7) is 6.87. The molecule has 2 N–H and O–H groups in total. The molecular weight excluding hydrogens is 378 g/mol. The quantitative estimate of drug-likeness (QED) is 0.723. The Hall–Kier alpha value is -1.80. The lowest BCUT2D eigenvalue weighted by Crippen LogP contribution is -2.44. The molecule has 1 amide bonds. The van der Waals surface area contributed by atoms with Crippen molar-refractivity contribution in [3.05, 3.63) is 18.2 Å². The molecule has 0 aromatic heterocycles. The number of fused-ring (bicyclic) bond motifs is 1. The fraction of sp³-hybridized carbons (Fsp3) is 0.650. The van der Waals surface area contributed by atoms with Crippen LogP contribution in [-0.2, 0) is 14.8 Å². The predicted octanol–water partition coefficient (Wildman–Crippen LogP) is 2.73. The molecule has 8 heteroatoms. The van der Waals surface area contributed by atoms with Gasteiger partial charge in [0.05, 0.1) is 11.4 Å². The maximum Gasteiger partial charge on any atom is 0.267 e. The average molecular weight is 410 g/mol. The van der Waals surface area contributed by atoms with E-state index in [1.807, 2.05) is 25.1 Å². The second-order valence-electron chi connectivity index (χ2n) is 7.64. The number of nitrogens with zero attached hydrogens (tertiary/aromatic N) is 1. The summed E-state index contributed by atoms with van der Waals surface area (Å²) in [5.41, 5.74) is 1.80. The van der Waals surface area contributed by atoms with E-state index in [1.54, 1.807) is 18.7 Å². The monoisotopic (exact) mass is 409 g/mol. The van der Waals surface area contributed by atoms with Crippen molar-refractivity contribution in [3.8, 4) is 5.75 Å². The van der Waals surface area contributed by atoms with Gasteiger partial charge in [0, 0.05) is 30.9 Å². The maximum absolute atomic E-state index is 12.2. The molecular formula is C20H31N3O4S. The average Bonchev–Trinajstić information content (AvgIpc) is 2.68. The standard InChI is InChI=1S/C20H31N3O4S/c1-4-23-18-11-10-17(12-19(18)27-14(3)20(23)24)21-13-15-6-8-16(9-7-15)22-28(25,26)5-2/h10-12,14-16,21-22H,4-9,13H2,1-3H3. The van der Waals surface area contributed by atoms with Crippen LogP contribution in [0.4, 0.5) is 11.4 Å². The second-order valence-corrected chi connectivity index (χ2v) is 9.69. The Morgan fingerprint density at radius 3 is 2.54 bits per heavy atom. The van der Waals surface area contributed by atoms with Crippen LogP contribution in [0.3, 0.4) is 0 Å². The van der Waals surface area contributed by atoms with Crippen LogP contribution in [0.15, 0.2) is 18.2 Å². The number of amides is 1. The zero-order chi connectivity index (χ0) is 20.3. The molecule has 1 aliphatic heterocycles. The van der Waals surface area contributed by atoms with E-state index in [1.165, 1.54) is 0 Å². The first-order valence-corrected chi connectivity index (χ1v) is 11.8. The fourth-order valence-corrected chi connectivity index (χ4v) is 4.84. The highest BCUT2D eigenvalue weighted by molar-refractivity contribution is 7.89. The highest BCUT2D eigenvalue weighted by atomic mass is 32.2. The Labute approximate surface area is 167 Å². The van der Waals surface area contributed by atoms with E-state index in [0.29, 0.717) is 12.5 Å². The van der Waals surface area contributed by atoms with Crippen LogP contribution in [0.5, 0.6) is 5.75 Å². The molecule has 0 radical (unpaired) electrons. The normalized spacial score (nSPS) is 25.2. The lowest BCUT2D eigenvalue weighted by Gasteiger charge is -2.33. The Kier molecular flexibility index (Phi) is 6.50. The van der Waals surface area contributed by atoms with Crippen LogP contribution in [0, 0.1) is 5.92 Å². The molecule has 1 fully saturated rings. The number of nitrogens with one attached hydrogen (secondary N) is 2. The summed E-state index contributed by atoms with van der Waals surface area (Å²) < 4.78 is 32.0. The maximum atomic E-state index is 12.2. The molecule has 1 aliphatic carbocycles. The highest BCUT2D eigenvalue weighted by Crippen LogP contribution is 2.36. The van der Waals surface area contributed by atoms with Crippen molar-refractivity contribution in [1.29, 1.82) is 0 Å². The minimum absolute atomic E-state index is 0.00818. The van der Waals surface area contributed by atoms with Gasteiger partial charge in [-0.1, -0.05) is 0 Å². The Morgan fingerprint density at radius 1 is 1.18 bits per heavy atom. The van der Waals surface area contributed by atoms with Crippen LogP contribution < -0.4 is 19.7 Å². The van der Waals surface area contributed by atoms with Gasteiger partial charge in [-0.25, -0.2) is 13.1 Å². The van der Waals surface area contributed by atoms with Gasteiger partial charge in [-0.2, -0.15) is 0 Å². The predicted molar refractivity (Wildman–Crippen MR) is 111 cm³/mol. The third kappa shape index (κ3) is 4.78. The molecule has 1 unspecified atom stereocenters. The first-order valence-electron chi connectivity index (χ1n) is 10.2. The molecule has 3 rings (SSSR count). The van der Waals surface area contributed by atoms with E-state index < -0.39 is 16.1 Å². The molecule has 1 aromatic rings. The van der Waals surface area contributed by atoms with E-state index in [2.05, 4.69) is 10.0 Å². The SMILES string of the molecule is CCN1C(=O)C(C)Oc2cc(NCC3CCC(NS(=O)(=O)CC)CC3)ccc21. The van der Waals surface area contributed by atoms with Gasteiger partial charge in [-0.15, -0.1) is 0 Å². The number of sulfonamides is 1. The largest absolute Gasteiger partial charge is 0.479 e. The minimum Gasteiger partial charge on any atom is -0.479 e. The summed E-state index contributed by atoms with van der Waals surface area (Å²) in [5.74, 6) is 1.38. The van der Waals surface area contributed by atoms with Gasteiger partial charge in [0.2, 0.25) is 10.0 Å². The van der Waals surface area contributed by atoms with Gasteiger partial charge in [-0.05, 0) is 64.5 Å². The van der Waals surface area contributed by atoms with Crippen LogP contribution in [0.1, 0.15) is 46.5 Å². The van der Waals surface area contributed by atoms with Crippen LogP contribution >= 0.6 is 0 Å². The zero-order valence-corrected chi connectivity index (χ0v) is 17.7. The van der Waals surface area contributed by atoms with Gasteiger partial charge < -0.3 is 15.0 Å². The number of anilines is 2. The molecule has 0 spiro atoms. The third-order valence-corrected chi connectivity index (χ3v) is 7.10. The van der Waals surface area contributed by atoms with Crippen molar-refractivity contribution in [1.82, 2.24) is 4.72 Å². The van der Waals surface area contributed by atoms with Gasteiger partial charge in [0.1, 0.15) is 5.75 Å². The molecule has 7 nitrogen and oxygen atoms in total. The van der Waals surface area contributed by atoms with Gasteiger partial charge in [0.15, 0.2) is 6.10 Å². The van der Waals surface area contributed by atoms with Crippen LogP contribution in [0.25, 0.3) is 0 Å². The van der Waals surface area contributed by atoms with E-state index >= 15 is 0 Å². The van der Waals surface area contributed by atoms with Crippen molar-refractivity contribution in [3.63, 3.8) is 0 Å². The van der Waals surface area contributed by atoms with Gasteiger partial charge >= 0.3 is 0 Å². The van der Waals surface area contributed by atoms with E-state index in [4.69, 9.17) is 4.74 Å². The molecule has 0 bridgehead atoms. The molecule has 1 heterocycles. The lowest BCUT2D eigenvalue weighted by atomic mass is 9.86. The van der Waals surface area contributed by atoms with Crippen LogP contribution in [0.2, 0.25) is 0 Å². The number of hydrogen-bond donors (Lipinski definition) is 2. The number of benzene rings is 1. The number of ether oxygens (including phenoxy) is 1. The Balaban J connectivity index is 1.54. The van der Waals surface area contributed by atoms with Crippen molar-refractivity contribution < 1.29 is 17.9 Å². The Morgan fingerprint density at radius 2 is 1.89 bits per heavy atom. The second kappa shape index (κ2) is 8.69. The third-order valence-electron chi connectivity index (χ3n) is 5.65. The van der Waals surface area contributed by atoms with Gasteiger partial charge in [-0.3, -0.25) is 4.79 Å². The van der Waals surface area contributed by atoms with Crippen LogP contribution in [-0.4, -0.2) is 45.3 Å². The zero-order valence-electron chi connectivity index (χ0n) is 16.9. The first kappa shape index (κ1) is 20.9. The number of hydrogen-bond acceptors (Lipinski definition) is 5. The molecule has 1 saturated carbocycles. The minimum atomic E-state index is -3.12. The molecule has 2 aliphatic rings. The highest BCUT2D eigenvalue weighted by Gasteiger charge is 2.30. The molecule has 0 saturated heterocycles. The number of carbonyl (C=O) groups excluding carboxylic acids is 1. The topological polar surface area (TPSA) is 87.7 Å². The fourth-order valence-electron chi connectivity index (χ4n) is 3.93. The summed E-state index contributed by atoms with van der Waals surface area (Å²) in [7, 11) is -3.12. The lowest BCUT2D eigenvalue weighted by molar-refractivity contribution is -0.125.